The standard InChI is InChI=1S/C25H28N4O4/c1-3-13-26-24(31)21-15-29(19-10-4-5-11-20(19)33-21)22(30)12-7-14-28-16-27-23-17(2)8-6-9-18(23)25(28)32/h4-6,8-11,16,21H,3,7,12-15H2,1-2H3,(H,26,31)/t21-/m1/s1. The number of aryl methyl sites for hydroxylation is 2. The van der Waals surface area contributed by atoms with Crippen molar-refractivity contribution >= 4 is 28.4 Å². The summed E-state index contributed by atoms with van der Waals surface area (Å²) < 4.78 is 7.40. The summed E-state index contributed by atoms with van der Waals surface area (Å²) in [5, 5.41) is 3.41. The van der Waals surface area contributed by atoms with E-state index in [4.69, 9.17) is 4.74 Å². The van der Waals surface area contributed by atoms with Crippen molar-refractivity contribution in [2.24, 2.45) is 0 Å². The van der Waals surface area contributed by atoms with Crippen LogP contribution < -0.4 is 20.5 Å². The Morgan fingerprint density at radius 2 is 2.00 bits per heavy atom. The minimum absolute atomic E-state index is 0.111. The molecule has 0 spiro atoms. The minimum Gasteiger partial charge on any atom is -0.477 e. The van der Waals surface area contributed by atoms with E-state index < -0.39 is 6.10 Å². The van der Waals surface area contributed by atoms with Gasteiger partial charge in [0.25, 0.3) is 11.5 Å². The first kappa shape index (κ1) is 22.5. The summed E-state index contributed by atoms with van der Waals surface area (Å²) >= 11 is 0. The van der Waals surface area contributed by atoms with Crippen LogP contribution in [-0.4, -0.2) is 40.6 Å². The molecule has 172 valence electrons. The topological polar surface area (TPSA) is 93.5 Å². The van der Waals surface area contributed by atoms with E-state index in [9.17, 15) is 14.4 Å². The van der Waals surface area contributed by atoms with Gasteiger partial charge in [-0.15, -0.1) is 0 Å². The molecule has 2 heterocycles. The average molecular weight is 449 g/mol. The fourth-order valence-corrected chi connectivity index (χ4v) is 4.00. The highest BCUT2D eigenvalue weighted by Crippen LogP contribution is 2.33. The maximum atomic E-state index is 13.1. The lowest BCUT2D eigenvalue weighted by atomic mass is 10.1. The number of benzene rings is 2. The number of amides is 2. The van der Waals surface area contributed by atoms with Gasteiger partial charge < -0.3 is 15.0 Å². The Bertz CT molecular complexity index is 1240. The summed E-state index contributed by atoms with van der Waals surface area (Å²) in [6, 6.07) is 12.8. The molecule has 3 aromatic rings. The molecule has 0 radical (unpaired) electrons. The summed E-state index contributed by atoms with van der Waals surface area (Å²) in [5.41, 5.74) is 2.20. The molecule has 2 aromatic carbocycles. The van der Waals surface area contributed by atoms with Crippen molar-refractivity contribution in [3.8, 4) is 5.75 Å². The maximum absolute atomic E-state index is 13.1. The molecule has 0 saturated carbocycles. The second-order valence-electron chi connectivity index (χ2n) is 8.19. The van der Waals surface area contributed by atoms with Gasteiger partial charge in [0.05, 0.1) is 29.5 Å². The highest BCUT2D eigenvalue weighted by atomic mass is 16.5. The van der Waals surface area contributed by atoms with Gasteiger partial charge in [0.15, 0.2) is 6.10 Å². The molecule has 1 N–H and O–H groups in total. The average Bonchev–Trinajstić information content (AvgIpc) is 2.83. The number of carbonyl (C=O) groups is 2. The van der Waals surface area contributed by atoms with Crippen LogP contribution in [0.1, 0.15) is 31.7 Å². The number of nitrogens with zero attached hydrogens (tertiary/aromatic N) is 3. The van der Waals surface area contributed by atoms with Crippen molar-refractivity contribution < 1.29 is 14.3 Å². The van der Waals surface area contributed by atoms with Crippen LogP contribution in [0.3, 0.4) is 0 Å². The van der Waals surface area contributed by atoms with Gasteiger partial charge in [0.1, 0.15) is 5.75 Å². The van der Waals surface area contributed by atoms with E-state index in [0.717, 1.165) is 12.0 Å². The molecule has 1 aliphatic heterocycles. The number of carbonyl (C=O) groups excluding carboxylic acids is 2. The Kier molecular flexibility index (Phi) is 6.72. The van der Waals surface area contributed by atoms with E-state index in [0.29, 0.717) is 41.9 Å². The first-order chi connectivity index (χ1) is 16.0. The van der Waals surface area contributed by atoms with Crippen molar-refractivity contribution in [2.45, 2.75) is 45.8 Å². The first-order valence-corrected chi connectivity index (χ1v) is 11.3. The Balaban J connectivity index is 1.45. The zero-order chi connectivity index (χ0) is 23.4. The van der Waals surface area contributed by atoms with E-state index in [1.807, 2.05) is 44.2 Å². The fourth-order valence-electron chi connectivity index (χ4n) is 4.00. The number of para-hydroxylation sites is 3. The molecule has 8 nitrogen and oxygen atoms in total. The Labute approximate surface area is 192 Å². The molecular formula is C25H28N4O4. The zero-order valence-corrected chi connectivity index (χ0v) is 18.9. The van der Waals surface area contributed by atoms with Gasteiger partial charge in [-0.1, -0.05) is 31.2 Å². The van der Waals surface area contributed by atoms with E-state index >= 15 is 0 Å². The third-order valence-corrected chi connectivity index (χ3v) is 5.76. The predicted octanol–water partition coefficient (Wildman–Crippen LogP) is 2.81. The van der Waals surface area contributed by atoms with Gasteiger partial charge in [0, 0.05) is 19.5 Å². The Morgan fingerprint density at radius 1 is 1.18 bits per heavy atom. The number of ether oxygens (including phenoxy) is 1. The highest BCUT2D eigenvalue weighted by molar-refractivity contribution is 5.97. The second-order valence-corrected chi connectivity index (χ2v) is 8.19. The summed E-state index contributed by atoms with van der Waals surface area (Å²) in [4.78, 5) is 44.4. The number of fused-ring (bicyclic) bond motifs is 2. The number of nitrogens with one attached hydrogen (secondary N) is 1. The van der Waals surface area contributed by atoms with Gasteiger partial charge in [-0.3, -0.25) is 19.0 Å². The molecule has 1 aromatic heterocycles. The van der Waals surface area contributed by atoms with E-state index in [1.165, 1.54) is 0 Å². The van der Waals surface area contributed by atoms with Crippen molar-refractivity contribution in [3.05, 3.63) is 64.7 Å². The SMILES string of the molecule is CCCNC(=O)[C@H]1CN(C(=O)CCCn2cnc3c(C)cccc3c2=O)c2ccccc2O1. The van der Waals surface area contributed by atoms with Crippen molar-refractivity contribution in [1.82, 2.24) is 14.9 Å². The van der Waals surface area contributed by atoms with E-state index in [2.05, 4.69) is 10.3 Å². The number of hydrogen-bond donors (Lipinski definition) is 1. The molecule has 0 saturated heterocycles. The summed E-state index contributed by atoms with van der Waals surface area (Å²) in [5.74, 6) is 0.170. The number of hydrogen-bond acceptors (Lipinski definition) is 5. The van der Waals surface area contributed by atoms with Crippen LogP contribution in [0, 0.1) is 6.92 Å². The monoisotopic (exact) mass is 448 g/mol. The molecular weight excluding hydrogens is 420 g/mol. The molecule has 2 amide bonds. The lowest BCUT2D eigenvalue weighted by Gasteiger charge is -2.34. The number of rotatable bonds is 7. The van der Waals surface area contributed by atoms with Crippen LogP contribution in [0.2, 0.25) is 0 Å². The minimum atomic E-state index is -0.758. The summed E-state index contributed by atoms with van der Waals surface area (Å²) in [6.45, 7) is 5.00. The molecule has 0 unspecified atom stereocenters. The molecule has 1 atom stereocenters. The van der Waals surface area contributed by atoms with Gasteiger partial charge in [-0.05, 0) is 43.5 Å². The lowest BCUT2D eigenvalue weighted by Crippen LogP contribution is -2.50. The largest absolute Gasteiger partial charge is 0.477 e. The summed E-state index contributed by atoms with van der Waals surface area (Å²) in [6.07, 6.45) is 2.31. The predicted molar refractivity (Wildman–Crippen MR) is 126 cm³/mol. The molecule has 8 heteroatoms. The van der Waals surface area contributed by atoms with E-state index in [1.54, 1.807) is 27.9 Å². The van der Waals surface area contributed by atoms with Gasteiger partial charge >= 0.3 is 0 Å². The third-order valence-electron chi connectivity index (χ3n) is 5.76. The van der Waals surface area contributed by atoms with Gasteiger partial charge in [0.2, 0.25) is 5.91 Å². The van der Waals surface area contributed by atoms with Gasteiger partial charge in [-0.25, -0.2) is 4.98 Å². The molecule has 0 bridgehead atoms. The van der Waals surface area contributed by atoms with Gasteiger partial charge in [-0.2, -0.15) is 0 Å². The molecule has 4 rings (SSSR count). The lowest BCUT2D eigenvalue weighted by molar-refractivity contribution is -0.128. The molecule has 0 aliphatic carbocycles. The molecule has 1 aliphatic rings. The Hall–Kier alpha value is -3.68. The van der Waals surface area contributed by atoms with E-state index in [-0.39, 0.29) is 30.3 Å². The van der Waals surface area contributed by atoms with Crippen LogP contribution in [-0.2, 0) is 16.1 Å². The number of anilines is 1. The normalized spacial score (nSPS) is 15.1. The quantitative estimate of drug-likeness (QED) is 0.600. The number of aromatic nitrogens is 2. The van der Waals surface area contributed by atoms with Crippen LogP contribution in [0.5, 0.6) is 5.75 Å². The third kappa shape index (κ3) is 4.74. The van der Waals surface area contributed by atoms with Crippen molar-refractivity contribution in [2.75, 3.05) is 18.0 Å². The molecule has 33 heavy (non-hydrogen) atoms. The smallest absolute Gasteiger partial charge is 0.262 e. The molecule has 0 fully saturated rings. The zero-order valence-electron chi connectivity index (χ0n) is 18.9. The van der Waals surface area contributed by atoms with Crippen LogP contribution >= 0.6 is 0 Å². The first-order valence-electron chi connectivity index (χ1n) is 11.3. The Morgan fingerprint density at radius 3 is 2.82 bits per heavy atom. The van der Waals surface area contributed by atoms with Crippen LogP contribution in [0.25, 0.3) is 10.9 Å². The highest BCUT2D eigenvalue weighted by Gasteiger charge is 2.33. The summed E-state index contributed by atoms with van der Waals surface area (Å²) in [7, 11) is 0. The van der Waals surface area contributed by atoms with Crippen molar-refractivity contribution in [1.29, 1.82) is 0 Å². The maximum Gasteiger partial charge on any atom is 0.262 e. The fraction of sp³-hybridized carbons (Fsp3) is 0.360. The van der Waals surface area contributed by atoms with Crippen LogP contribution in [0.4, 0.5) is 5.69 Å². The second kappa shape index (κ2) is 9.85. The van der Waals surface area contributed by atoms with Crippen molar-refractivity contribution in [3.63, 3.8) is 0 Å². The van der Waals surface area contributed by atoms with Crippen LogP contribution in [0.15, 0.2) is 53.6 Å².